The minimum atomic E-state index is -0.286. The van der Waals surface area contributed by atoms with Crippen molar-refractivity contribution in [1.82, 2.24) is 14.7 Å². The van der Waals surface area contributed by atoms with Gasteiger partial charge in [-0.1, -0.05) is 13.3 Å². The van der Waals surface area contributed by atoms with Gasteiger partial charge in [-0.3, -0.25) is 9.20 Å². The Morgan fingerprint density at radius 1 is 1.63 bits per heavy atom. The van der Waals surface area contributed by atoms with Crippen LogP contribution in [0.25, 0.3) is 4.96 Å². The predicted octanol–water partition coefficient (Wildman–Crippen LogP) is 2.43. The highest BCUT2D eigenvalue weighted by molar-refractivity contribution is 7.15. The van der Waals surface area contributed by atoms with Crippen LogP contribution >= 0.6 is 11.3 Å². The van der Waals surface area contributed by atoms with E-state index >= 15 is 0 Å². The number of rotatable bonds is 5. The van der Waals surface area contributed by atoms with Crippen LogP contribution in [-0.4, -0.2) is 27.3 Å². The van der Waals surface area contributed by atoms with Gasteiger partial charge in [0.25, 0.3) is 0 Å². The maximum absolute atomic E-state index is 12.6. The van der Waals surface area contributed by atoms with Crippen LogP contribution in [0.15, 0.2) is 17.8 Å². The van der Waals surface area contributed by atoms with Crippen molar-refractivity contribution in [1.29, 1.82) is 0 Å². The molecule has 1 aliphatic heterocycles. The number of fused-ring (bicyclic) bond motifs is 1. The van der Waals surface area contributed by atoms with Gasteiger partial charge < -0.3 is 5.32 Å². The molecule has 3 heterocycles. The maximum Gasteiger partial charge on any atom is 0.193 e. The highest BCUT2D eigenvalue weighted by Gasteiger charge is 2.39. The Balaban J connectivity index is 1.77. The molecule has 1 fully saturated rings. The van der Waals surface area contributed by atoms with Crippen LogP contribution in [0, 0.1) is 0 Å². The van der Waals surface area contributed by atoms with Gasteiger partial charge in [0.15, 0.2) is 10.7 Å². The van der Waals surface area contributed by atoms with Crippen LogP contribution in [0.5, 0.6) is 0 Å². The number of hydrogen-bond acceptors (Lipinski definition) is 4. The minimum absolute atomic E-state index is 0.286. The first-order chi connectivity index (χ1) is 9.23. The second-order valence-corrected chi connectivity index (χ2v) is 6.16. The van der Waals surface area contributed by atoms with Crippen LogP contribution in [-0.2, 0) is 11.2 Å². The molecular formula is C14H19N3OS. The lowest BCUT2D eigenvalue weighted by atomic mass is 9.85. The molecule has 2 aromatic rings. The largest absolute Gasteiger partial charge is 0.305 e. The summed E-state index contributed by atoms with van der Waals surface area (Å²) in [5, 5.41) is 5.44. The molecule has 0 spiro atoms. The Kier molecular flexibility index (Phi) is 3.41. The lowest BCUT2D eigenvalue weighted by molar-refractivity contribution is -0.124. The summed E-state index contributed by atoms with van der Waals surface area (Å²) in [7, 11) is 0. The van der Waals surface area contributed by atoms with Crippen molar-refractivity contribution in [3.05, 3.63) is 23.5 Å². The number of carbonyl (C=O) groups is 1. The summed E-state index contributed by atoms with van der Waals surface area (Å²) in [4.78, 5) is 18.1. The number of imidazole rings is 1. The molecule has 3 rings (SSSR count). The first-order valence-electron chi connectivity index (χ1n) is 6.93. The van der Waals surface area contributed by atoms with E-state index in [1.54, 1.807) is 11.3 Å². The third-order valence-corrected chi connectivity index (χ3v) is 4.71. The second-order valence-electron chi connectivity index (χ2n) is 5.29. The molecule has 4 nitrogen and oxygen atoms in total. The van der Waals surface area contributed by atoms with Crippen molar-refractivity contribution >= 4 is 22.1 Å². The van der Waals surface area contributed by atoms with Crippen LogP contribution < -0.4 is 5.32 Å². The maximum atomic E-state index is 12.6. The zero-order valence-corrected chi connectivity index (χ0v) is 12.0. The first-order valence-corrected chi connectivity index (χ1v) is 7.81. The summed E-state index contributed by atoms with van der Waals surface area (Å²) in [6.07, 6.45) is 8.45. The third kappa shape index (κ3) is 2.32. The Labute approximate surface area is 116 Å². The number of hydrogen-bond donors (Lipinski definition) is 1. The number of nitrogens with zero attached hydrogens (tertiary/aromatic N) is 2. The smallest absolute Gasteiger partial charge is 0.193 e. The molecule has 0 bridgehead atoms. The van der Waals surface area contributed by atoms with E-state index < -0.39 is 0 Å². The number of ketones is 1. The average Bonchev–Trinajstić information content (AvgIpc) is 3.04. The number of aromatic nitrogens is 2. The van der Waals surface area contributed by atoms with Crippen molar-refractivity contribution in [2.45, 2.75) is 44.6 Å². The molecule has 5 heteroatoms. The molecule has 1 atom stereocenters. The van der Waals surface area contributed by atoms with Crippen LogP contribution in [0.2, 0.25) is 0 Å². The van der Waals surface area contributed by atoms with E-state index in [4.69, 9.17) is 0 Å². The standard InChI is InChI=1S/C14H19N3OS/c1-2-4-14(5-3-6-15-14)12(18)9-11-10-17-7-8-19-13(17)16-11/h7-8,10,15H,2-6,9H2,1H3. The van der Waals surface area contributed by atoms with Crippen molar-refractivity contribution < 1.29 is 4.79 Å². The van der Waals surface area contributed by atoms with E-state index in [0.29, 0.717) is 12.2 Å². The fourth-order valence-electron chi connectivity index (χ4n) is 3.02. The fourth-order valence-corrected chi connectivity index (χ4v) is 3.74. The Hall–Kier alpha value is -1.20. The lowest BCUT2D eigenvalue weighted by Gasteiger charge is -2.27. The number of nitrogens with one attached hydrogen (secondary N) is 1. The molecule has 1 saturated heterocycles. The normalized spacial score (nSPS) is 23.2. The Morgan fingerprint density at radius 3 is 3.21 bits per heavy atom. The third-order valence-electron chi connectivity index (χ3n) is 3.94. The van der Waals surface area contributed by atoms with Crippen molar-refractivity contribution in [3.8, 4) is 0 Å². The summed E-state index contributed by atoms with van der Waals surface area (Å²) in [5.41, 5.74) is 0.604. The quantitative estimate of drug-likeness (QED) is 0.913. The topological polar surface area (TPSA) is 46.4 Å². The highest BCUT2D eigenvalue weighted by Crippen LogP contribution is 2.27. The fraction of sp³-hybridized carbons (Fsp3) is 0.571. The monoisotopic (exact) mass is 277 g/mol. The second kappa shape index (κ2) is 5.06. The minimum Gasteiger partial charge on any atom is -0.305 e. The van der Waals surface area contributed by atoms with Gasteiger partial charge in [-0.05, 0) is 25.8 Å². The van der Waals surface area contributed by atoms with Crippen LogP contribution in [0.1, 0.15) is 38.3 Å². The van der Waals surface area contributed by atoms with Gasteiger partial charge in [-0.25, -0.2) is 4.98 Å². The van der Waals surface area contributed by atoms with Gasteiger partial charge in [0.2, 0.25) is 0 Å². The molecule has 0 radical (unpaired) electrons. The van der Waals surface area contributed by atoms with Gasteiger partial charge in [-0.2, -0.15) is 0 Å². The molecule has 1 unspecified atom stereocenters. The van der Waals surface area contributed by atoms with Crippen molar-refractivity contribution in [3.63, 3.8) is 0 Å². The molecular weight excluding hydrogens is 258 g/mol. The van der Waals surface area contributed by atoms with Crippen molar-refractivity contribution in [2.75, 3.05) is 6.54 Å². The van der Waals surface area contributed by atoms with Gasteiger partial charge in [0.1, 0.15) is 0 Å². The van der Waals surface area contributed by atoms with Gasteiger partial charge in [0.05, 0.1) is 17.7 Å². The van der Waals surface area contributed by atoms with E-state index in [-0.39, 0.29) is 5.54 Å². The zero-order chi connectivity index (χ0) is 13.3. The van der Waals surface area contributed by atoms with E-state index in [0.717, 1.165) is 42.9 Å². The molecule has 0 aromatic carbocycles. The predicted molar refractivity (Wildman–Crippen MR) is 76.7 cm³/mol. The van der Waals surface area contributed by atoms with Gasteiger partial charge in [-0.15, -0.1) is 11.3 Å². The Morgan fingerprint density at radius 2 is 2.53 bits per heavy atom. The lowest BCUT2D eigenvalue weighted by Crippen LogP contribution is -2.48. The molecule has 0 amide bonds. The number of thiazole rings is 1. The summed E-state index contributed by atoms with van der Waals surface area (Å²) in [6, 6.07) is 0. The van der Waals surface area contributed by atoms with E-state index in [1.807, 2.05) is 22.2 Å². The van der Waals surface area contributed by atoms with Crippen LogP contribution in [0.3, 0.4) is 0 Å². The number of carbonyl (C=O) groups excluding carboxylic acids is 1. The van der Waals surface area contributed by atoms with Gasteiger partial charge >= 0.3 is 0 Å². The zero-order valence-electron chi connectivity index (χ0n) is 11.2. The summed E-state index contributed by atoms with van der Waals surface area (Å²) in [6.45, 7) is 3.10. The summed E-state index contributed by atoms with van der Waals surface area (Å²) in [5.74, 6) is 0.303. The van der Waals surface area contributed by atoms with Crippen LogP contribution in [0.4, 0.5) is 0 Å². The molecule has 1 N–H and O–H groups in total. The Bertz CT molecular complexity index is 552. The number of Topliss-reactive ketones (excluding diaryl/α,β-unsaturated/α-hetero) is 1. The SMILES string of the molecule is CCCC1(C(=O)Cc2cn3ccsc3n2)CCCN1. The molecule has 1 aliphatic rings. The highest BCUT2D eigenvalue weighted by atomic mass is 32.1. The average molecular weight is 277 g/mol. The molecule has 0 aliphatic carbocycles. The molecule has 19 heavy (non-hydrogen) atoms. The summed E-state index contributed by atoms with van der Waals surface area (Å²) >= 11 is 1.60. The molecule has 2 aromatic heterocycles. The summed E-state index contributed by atoms with van der Waals surface area (Å²) < 4.78 is 1.99. The molecule has 0 saturated carbocycles. The van der Waals surface area contributed by atoms with Gasteiger partial charge in [0, 0.05) is 17.8 Å². The van der Waals surface area contributed by atoms with E-state index in [2.05, 4.69) is 17.2 Å². The van der Waals surface area contributed by atoms with E-state index in [9.17, 15) is 4.79 Å². The van der Waals surface area contributed by atoms with Crippen molar-refractivity contribution in [2.24, 2.45) is 0 Å². The van der Waals surface area contributed by atoms with E-state index in [1.165, 1.54) is 0 Å². The first kappa shape index (κ1) is 12.8. The molecule has 102 valence electrons.